The fourth-order valence-electron chi connectivity index (χ4n) is 2.86. The van der Waals surface area contributed by atoms with Gasteiger partial charge in [-0.05, 0) is 61.7 Å². The molecule has 0 aliphatic carbocycles. The van der Waals surface area contributed by atoms with E-state index in [4.69, 9.17) is 14.2 Å². The lowest BCUT2D eigenvalue weighted by Crippen LogP contribution is -2.16. The number of carbonyl (C=O) groups excluding carboxylic acids is 1. The zero-order chi connectivity index (χ0) is 18.9. The highest BCUT2D eigenvalue weighted by Gasteiger charge is 2.16. The van der Waals surface area contributed by atoms with E-state index in [2.05, 4.69) is 12.2 Å². The number of benzene rings is 2. The molecule has 1 atom stereocenters. The second-order valence-electron chi connectivity index (χ2n) is 6.65. The van der Waals surface area contributed by atoms with E-state index in [0.29, 0.717) is 24.5 Å². The van der Waals surface area contributed by atoms with Crippen LogP contribution in [-0.4, -0.2) is 31.8 Å². The van der Waals surface area contributed by atoms with E-state index in [-0.39, 0.29) is 12.0 Å². The van der Waals surface area contributed by atoms with Gasteiger partial charge in [-0.15, -0.1) is 0 Å². The maximum absolute atomic E-state index is 12.5. The minimum absolute atomic E-state index is 0.163. The van der Waals surface area contributed by atoms with Crippen LogP contribution in [0.2, 0.25) is 0 Å². The Bertz CT molecular complexity index is 723. The SMILES string of the molecule is CCCCOc1cccc(C(=O)Nc2ccc(OCC3CCCO3)cc2)c1. The van der Waals surface area contributed by atoms with E-state index in [1.165, 1.54) is 0 Å². The quantitative estimate of drug-likeness (QED) is 0.652. The molecule has 1 heterocycles. The molecular weight excluding hydrogens is 342 g/mol. The maximum Gasteiger partial charge on any atom is 0.255 e. The first-order valence-electron chi connectivity index (χ1n) is 9.63. The Morgan fingerprint density at radius 3 is 2.74 bits per heavy atom. The molecule has 1 saturated heterocycles. The lowest BCUT2D eigenvalue weighted by molar-refractivity contribution is 0.0679. The minimum atomic E-state index is -0.163. The van der Waals surface area contributed by atoms with Gasteiger partial charge in [0.05, 0.1) is 12.7 Å². The number of carbonyl (C=O) groups is 1. The molecule has 0 spiro atoms. The monoisotopic (exact) mass is 369 g/mol. The van der Waals surface area contributed by atoms with Crippen molar-refractivity contribution in [3.05, 3.63) is 54.1 Å². The van der Waals surface area contributed by atoms with Gasteiger partial charge < -0.3 is 19.5 Å². The summed E-state index contributed by atoms with van der Waals surface area (Å²) in [6.45, 7) is 4.17. The number of rotatable bonds is 9. The molecule has 1 unspecified atom stereocenters. The molecule has 27 heavy (non-hydrogen) atoms. The third kappa shape index (κ3) is 6.00. The van der Waals surface area contributed by atoms with Crippen molar-refractivity contribution in [1.29, 1.82) is 0 Å². The fraction of sp³-hybridized carbons (Fsp3) is 0.409. The molecule has 5 heteroatoms. The summed E-state index contributed by atoms with van der Waals surface area (Å²) in [4.78, 5) is 12.5. The minimum Gasteiger partial charge on any atom is -0.494 e. The first-order chi connectivity index (χ1) is 13.2. The molecule has 3 rings (SSSR count). The van der Waals surface area contributed by atoms with Crippen LogP contribution >= 0.6 is 0 Å². The first kappa shape index (κ1) is 19.2. The predicted molar refractivity (Wildman–Crippen MR) is 106 cm³/mol. The molecule has 0 aromatic heterocycles. The molecule has 1 amide bonds. The summed E-state index contributed by atoms with van der Waals surface area (Å²) in [6, 6.07) is 14.6. The van der Waals surface area contributed by atoms with Gasteiger partial charge in [0.2, 0.25) is 0 Å². The highest BCUT2D eigenvalue weighted by atomic mass is 16.5. The smallest absolute Gasteiger partial charge is 0.255 e. The molecule has 2 aromatic carbocycles. The maximum atomic E-state index is 12.5. The Morgan fingerprint density at radius 1 is 1.15 bits per heavy atom. The van der Waals surface area contributed by atoms with Crippen molar-refractivity contribution >= 4 is 11.6 Å². The van der Waals surface area contributed by atoms with E-state index in [1.54, 1.807) is 12.1 Å². The van der Waals surface area contributed by atoms with E-state index in [9.17, 15) is 4.79 Å². The van der Waals surface area contributed by atoms with Crippen molar-refractivity contribution < 1.29 is 19.0 Å². The Hall–Kier alpha value is -2.53. The average Bonchev–Trinajstić information content (AvgIpc) is 3.21. The molecule has 0 radical (unpaired) electrons. The van der Waals surface area contributed by atoms with Crippen LogP contribution in [0, 0.1) is 0 Å². The summed E-state index contributed by atoms with van der Waals surface area (Å²) in [5, 5.41) is 2.90. The predicted octanol–water partition coefficient (Wildman–Crippen LogP) is 4.68. The second kappa shape index (κ2) is 9.97. The Balaban J connectivity index is 1.51. The number of anilines is 1. The summed E-state index contributed by atoms with van der Waals surface area (Å²) in [6.07, 6.45) is 4.42. The van der Waals surface area contributed by atoms with Gasteiger partial charge in [0.25, 0.3) is 5.91 Å². The van der Waals surface area contributed by atoms with Crippen LogP contribution in [0.25, 0.3) is 0 Å². The van der Waals surface area contributed by atoms with Crippen LogP contribution in [0.15, 0.2) is 48.5 Å². The topological polar surface area (TPSA) is 56.8 Å². The molecule has 1 aliphatic rings. The molecular formula is C22H27NO4. The molecule has 2 aromatic rings. The number of amides is 1. The number of ether oxygens (including phenoxy) is 3. The molecule has 1 fully saturated rings. The standard InChI is InChI=1S/C22H27NO4/c1-2-3-13-25-20-7-4-6-17(15-20)22(24)23-18-9-11-19(12-10-18)27-16-21-8-5-14-26-21/h4,6-7,9-12,15,21H,2-3,5,8,13-14,16H2,1H3,(H,23,24). The Morgan fingerprint density at radius 2 is 2.00 bits per heavy atom. The van der Waals surface area contributed by atoms with Crippen LogP contribution in [0.3, 0.4) is 0 Å². The van der Waals surface area contributed by atoms with Crippen molar-refractivity contribution in [3.63, 3.8) is 0 Å². The van der Waals surface area contributed by atoms with Gasteiger partial charge in [0.1, 0.15) is 18.1 Å². The van der Waals surface area contributed by atoms with E-state index in [0.717, 1.165) is 43.7 Å². The van der Waals surface area contributed by atoms with E-state index < -0.39 is 0 Å². The lowest BCUT2D eigenvalue weighted by atomic mass is 10.2. The van der Waals surface area contributed by atoms with Crippen LogP contribution in [0.4, 0.5) is 5.69 Å². The number of hydrogen-bond acceptors (Lipinski definition) is 4. The summed E-state index contributed by atoms with van der Waals surface area (Å²) < 4.78 is 17.0. The number of unbranched alkanes of at least 4 members (excludes halogenated alkanes) is 1. The van der Waals surface area contributed by atoms with Crippen molar-refractivity contribution in [2.45, 2.75) is 38.7 Å². The fourth-order valence-corrected chi connectivity index (χ4v) is 2.86. The van der Waals surface area contributed by atoms with Gasteiger partial charge in [-0.25, -0.2) is 0 Å². The largest absolute Gasteiger partial charge is 0.494 e. The highest BCUT2D eigenvalue weighted by molar-refractivity contribution is 6.04. The van der Waals surface area contributed by atoms with Gasteiger partial charge in [-0.3, -0.25) is 4.79 Å². The molecule has 1 N–H and O–H groups in total. The van der Waals surface area contributed by atoms with Gasteiger partial charge in [0, 0.05) is 17.9 Å². The van der Waals surface area contributed by atoms with Gasteiger partial charge in [-0.1, -0.05) is 19.4 Å². The molecule has 144 valence electrons. The average molecular weight is 369 g/mol. The molecule has 0 saturated carbocycles. The van der Waals surface area contributed by atoms with Gasteiger partial charge >= 0.3 is 0 Å². The Labute approximate surface area is 160 Å². The zero-order valence-corrected chi connectivity index (χ0v) is 15.8. The summed E-state index contributed by atoms with van der Waals surface area (Å²) >= 11 is 0. The van der Waals surface area contributed by atoms with Crippen LogP contribution < -0.4 is 14.8 Å². The normalized spacial score (nSPS) is 16.1. The van der Waals surface area contributed by atoms with Gasteiger partial charge in [-0.2, -0.15) is 0 Å². The Kier molecular flexibility index (Phi) is 7.11. The zero-order valence-electron chi connectivity index (χ0n) is 15.8. The first-order valence-corrected chi connectivity index (χ1v) is 9.63. The third-order valence-corrected chi connectivity index (χ3v) is 4.43. The van der Waals surface area contributed by atoms with Crippen molar-refractivity contribution in [2.75, 3.05) is 25.1 Å². The molecule has 0 bridgehead atoms. The van der Waals surface area contributed by atoms with Crippen LogP contribution in [-0.2, 0) is 4.74 Å². The van der Waals surface area contributed by atoms with Crippen LogP contribution in [0.1, 0.15) is 43.0 Å². The second-order valence-corrected chi connectivity index (χ2v) is 6.65. The van der Waals surface area contributed by atoms with Crippen molar-refractivity contribution in [1.82, 2.24) is 0 Å². The molecule has 5 nitrogen and oxygen atoms in total. The van der Waals surface area contributed by atoms with Gasteiger partial charge in [0.15, 0.2) is 0 Å². The highest BCUT2D eigenvalue weighted by Crippen LogP contribution is 2.20. The van der Waals surface area contributed by atoms with E-state index in [1.807, 2.05) is 36.4 Å². The summed E-state index contributed by atoms with van der Waals surface area (Å²) in [7, 11) is 0. The van der Waals surface area contributed by atoms with E-state index >= 15 is 0 Å². The van der Waals surface area contributed by atoms with Crippen LogP contribution in [0.5, 0.6) is 11.5 Å². The van der Waals surface area contributed by atoms with Crippen molar-refractivity contribution in [3.8, 4) is 11.5 Å². The lowest BCUT2D eigenvalue weighted by Gasteiger charge is -2.12. The number of hydrogen-bond donors (Lipinski definition) is 1. The number of nitrogens with one attached hydrogen (secondary N) is 1. The third-order valence-electron chi connectivity index (χ3n) is 4.43. The summed E-state index contributed by atoms with van der Waals surface area (Å²) in [5.41, 5.74) is 1.30. The summed E-state index contributed by atoms with van der Waals surface area (Å²) in [5.74, 6) is 1.33. The molecule has 1 aliphatic heterocycles. The van der Waals surface area contributed by atoms with Crippen molar-refractivity contribution in [2.24, 2.45) is 0 Å².